The molecular weight excluding hydrogens is 1020 g/mol. The molecule has 0 aliphatic carbocycles. The minimum atomic E-state index is -0.777. The highest BCUT2D eigenvalue weighted by Crippen LogP contribution is 2.17. The summed E-state index contributed by atoms with van der Waals surface area (Å²) < 4.78 is 16.9. The highest BCUT2D eigenvalue weighted by Gasteiger charge is 2.19. The van der Waals surface area contributed by atoms with Crippen molar-refractivity contribution >= 4 is 17.9 Å². The van der Waals surface area contributed by atoms with Crippen molar-refractivity contribution in [2.24, 2.45) is 0 Å². The molecule has 0 saturated heterocycles. The normalized spacial score (nSPS) is 12.7. The van der Waals surface area contributed by atoms with E-state index in [1.165, 1.54) is 212 Å². The Balaban J connectivity index is 4.09. The lowest BCUT2D eigenvalue weighted by Crippen LogP contribution is -2.30. The van der Waals surface area contributed by atoms with E-state index in [2.05, 4.69) is 118 Å². The second-order valence-electron chi connectivity index (χ2n) is 23.8. The molecule has 0 aliphatic heterocycles. The summed E-state index contributed by atoms with van der Waals surface area (Å²) in [6, 6.07) is 0. The van der Waals surface area contributed by atoms with Crippen LogP contribution in [0.1, 0.15) is 355 Å². The van der Waals surface area contributed by atoms with Gasteiger partial charge in [-0.05, 0) is 103 Å². The monoisotopic (exact) mass is 1160 g/mol. The predicted molar refractivity (Wildman–Crippen MR) is 362 cm³/mol. The molecule has 0 radical (unpaired) electrons. The van der Waals surface area contributed by atoms with E-state index in [1.807, 2.05) is 0 Å². The number of carbonyl (C=O) groups excluding carboxylic acids is 3. The molecule has 6 nitrogen and oxygen atoms in total. The fraction of sp³-hybridized carbons (Fsp3) is 0.753. The van der Waals surface area contributed by atoms with Gasteiger partial charge in [0.2, 0.25) is 0 Å². The summed E-state index contributed by atoms with van der Waals surface area (Å²) in [6.07, 6.45) is 95.9. The Morgan fingerprint density at radius 3 is 0.735 bits per heavy atom. The van der Waals surface area contributed by atoms with Gasteiger partial charge in [-0.15, -0.1) is 0 Å². The van der Waals surface area contributed by atoms with Crippen LogP contribution in [0.25, 0.3) is 0 Å². The Hall–Kier alpha value is -3.67. The van der Waals surface area contributed by atoms with Gasteiger partial charge in [0, 0.05) is 19.3 Å². The Morgan fingerprint density at radius 2 is 0.470 bits per heavy atom. The van der Waals surface area contributed by atoms with Crippen molar-refractivity contribution in [2.45, 2.75) is 361 Å². The number of hydrogen-bond donors (Lipinski definition) is 0. The number of ether oxygens (including phenoxy) is 3. The maximum Gasteiger partial charge on any atom is 0.306 e. The average molecular weight is 1160 g/mol. The molecular formula is C77H134O6. The standard InChI is InChI=1S/C77H134O6/c1-4-7-10-13-16-19-21-23-25-27-29-31-32-33-34-35-36-37-38-39-40-41-42-43-44-46-47-49-51-53-55-58-61-64-67-70-76(79)82-73-74(72-81-75(78)69-66-63-60-57-18-15-12-9-6-3)83-77(80)71-68-65-62-59-56-54-52-50-48-45-30-28-26-24-22-20-17-14-11-8-5-2/h7,10,16,19,22-25,28-31,33-34,36-37,74H,4-6,8-9,11-15,17-18,20-21,26-27,32,35,38-73H2,1-3H3/b10-7-,19-16-,24-22-,25-23-,30-28-,31-29-,34-33-,37-36-. The summed E-state index contributed by atoms with van der Waals surface area (Å²) in [5, 5.41) is 0. The molecule has 0 aromatic rings. The molecule has 1 atom stereocenters. The van der Waals surface area contributed by atoms with Gasteiger partial charge >= 0.3 is 17.9 Å². The van der Waals surface area contributed by atoms with E-state index < -0.39 is 6.10 Å². The molecule has 0 fully saturated rings. The third-order valence-electron chi connectivity index (χ3n) is 15.6. The first-order valence-electron chi connectivity index (χ1n) is 35.7. The van der Waals surface area contributed by atoms with Gasteiger partial charge in [0.15, 0.2) is 6.10 Å². The van der Waals surface area contributed by atoms with E-state index >= 15 is 0 Å². The lowest BCUT2D eigenvalue weighted by molar-refractivity contribution is -0.167. The lowest BCUT2D eigenvalue weighted by atomic mass is 10.0. The molecule has 6 heteroatoms. The van der Waals surface area contributed by atoms with Gasteiger partial charge in [0.1, 0.15) is 13.2 Å². The molecule has 0 amide bonds. The number of esters is 3. The smallest absolute Gasteiger partial charge is 0.306 e. The van der Waals surface area contributed by atoms with E-state index in [4.69, 9.17) is 14.2 Å². The van der Waals surface area contributed by atoms with Crippen LogP contribution in [-0.4, -0.2) is 37.2 Å². The van der Waals surface area contributed by atoms with Gasteiger partial charge in [-0.2, -0.15) is 0 Å². The van der Waals surface area contributed by atoms with Crippen LogP contribution >= 0.6 is 0 Å². The van der Waals surface area contributed by atoms with Crippen molar-refractivity contribution in [1.29, 1.82) is 0 Å². The maximum absolute atomic E-state index is 12.9. The van der Waals surface area contributed by atoms with Crippen LogP contribution in [0.15, 0.2) is 97.2 Å². The zero-order valence-electron chi connectivity index (χ0n) is 54.9. The first-order valence-corrected chi connectivity index (χ1v) is 35.7. The molecule has 0 heterocycles. The van der Waals surface area contributed by atoms with Gasteiger partial charge < -0.3 is 14.2 Å². The number of rotatable bonds is 65. The summed E-state index contributed by atoms with van der Waals surface area (Å²) in [4.78, 5) is 38.3. The Morgan fingerprint density at radius 1 is 0.253 bits per heavy atom. The molecule has 83 heavy (non-hydrogen) atoms. The predicted octanol–water partition coefficient (Wildman–Crippen LogP) is 24.8. The highest BCUT2D eigenvalue weighted by molar-refractivity contribution is 5.71. The van der Waals surface area contributed by atoms with Crippen molar-refractivity contribution < 1.29 is 28.6 Å². The van der Waals surface area contributed by atoms with Crippen LogP contribution in [-0.2, 0) is 28.6 Å². The van der Waals surface area contributed by atoms with Gasteiger partial charge in [0.05, 0.1) is 0 Å². The van der Waals surface area contributed by atoms with E-state index in [0.717, 1.165) is 103 Å². The Bertz CT molecular complexity index is 1610. The molecule has 0 aliphatic rings. The molecule has 0 aromatic carbocycles. The topological polar surface area (TPSA) is 78.9 Å². The fourth-order valence-electron chi connectivity index (χ4n) is 10.2. The number of hydrogen-bond acceptors (Lipinski definition) is 6. The minimum absolute atomic E-state index is 0.0739. The first kappa shape index (κ1) is 79.3. The summed E-state index contributed by atoms with van der Waals surface area (Å²) in [5.41, 5.74) is 0. The quantitative estimate of drug-likeness (QED) is 0.0261. The van der Waals surface area contributed by atoms with Gasteiger partial charge in [0.25, 0.3) is 0 Å². The third-order valence-corrected chi connectivity index (χ3v) is 15.6. The molecule has 0 aromatic heterocycles. The maximum atomic E-state index is 12.9. The van der Waals surface area contributed by atoms with Crippen LogP contribution in [0.3, 0.4) is 0 Å². The van der Waals surface area contributed by atoms with Crippen molar-refractivity contribution in [3.63, 3.8) is 0 Å². The zero-order chi connectivity index (χ0) is 59.9. The van der Waals surface area contributed by atoms with Crippen LogP contribution in [0, 0.1) is 0 Å². The highest BCUT2D eigenvalue weighted by atomic mass is 16.6. The summed E-state index contributed by atoms with van der Waals surface area (Å²) >= 11 is 0. The SMILES string of the molecule is CC/C=C\C/C=C\C/C=C\C/C=C\C/C=C\C/C=C\CCCCCCCCCCCCCCCCCCC(=O)OCC(COC(=O)CCCCCCCCCCC)OC(=O)CCCCCCCCCCC/C=C\C/C=C\CCCCCCC. The second kappa shape index (κ2) is 70.8. The van der Waals surface area contributed by atoms with Crippen molar-refractivity contribution in [3.8, 4) is 0 Å². The van der Waals surface area contributed by atoms with Crippen LogP contribution in [0.2, 0.25) is 0 Å². The van der Waals surface area contributed by atoms with Crippen LogP contribution in [0.4, 0.5) is 0 Å². The molecule has 0 spiro atoms. The van der Waals surface area contributed by atoms with Gasteiger partial charge in [-0.1, -0.05) is 330 Å². The van der Waals surface area contributed by atoms with Crippen LogP contribution < -0.4 is 0 Å². The summed E-state index contributed by atoms with van der Waals surface area (Å²) in [6.45, 7) is 6.53. The van der Waals surface area contributed by atoms with Crippen molar-refractivity contribution in [2.75, 3.05) is 13.2 Å². The number of allylic oxidation sites excluding steroid dienone is 16. The van der Waals surface area contributed by atoms with Gasteiger partial charge in [-0.25, -0.2) is 0 Å². The molecule has 0 rings (SSSR count). The lowest BCUT2D eigenvalue weighted by Gasteiger charge is -2.18. The van der Waals surface area contributed by atoms with E-state index in [0.29, 0.717) is 19.3 Å². The second-order valence-corrected chi connectivity index (χ2v) is 23.8. The number of unbranched alkanes of at least 4 members (excludes halogenated alkanes) is 38. The zero-order valence-corrected chi connectivity index (χ0v) is 54.9. The molecule has 1 unspecified atom stereocenters. The van der Waals surface area contributed by atoms with E-state index in [1.54, 1.807) is 0 Å². The summed E-state index contributed by atoms with van der Waals surface area (Å²) in [7, 11) is 0. The first-order chi connectivity index (χ1) is 41.0. The van der Waals surface area contributed by atoms with Gasteiger partial charge in [-0.3, -0.25) is 14.4 Å². The Kier molecular flexibility index (Phi) is 67.7. The van der Waals surface area contributed by atoms with Crippen molar-refractivity contribution in [1.82, 2.24) is 0 Å². The minimum Gasteiger partial charge on any atom is -0.462 e. The molecule has 0 bridgehead atoms. The van der Waals surface area contributed by atoms with E-state index in [-0.39, 0.29) is 31.1 Å². The molecule has 478 valence electrons. The van der Waals surface area contributed by atoms with E-state index in [9.17, 15) is 14.4 Å². The average Bonchev–Trinajstić information content (AvgIpc) is 3.49. The molecule has 0 N–H and O–H groups in total. The van der Waals surface area contributed by atoms with Crippen LogP contribution in [0.5, 0.6) is 0 Å². The number of carbonyl (C=O) groups is 3. The fourth-order valence-corrected chi connectivity index (χ4v) is 10.2. The molecule has 0 saturated carbocycles. The summed E-state index contributed by atoms with van der Waals surface area (Å²) in [5.74, 6) is -0.864. The van der Waals surface area contributed by atoms with Crippen molar-refractivity contribution in [3.05, 3.63) is 97.2 Å². The largest absolute Gasteiger partial charge is 0.462 e. The third kappa shape index (κ3) is 69.0. The Labute approximate surface area is 515 Å².